The van der Waals surface area contributed by atoms with Crippen LogP contribution in [0, 0.1) is 0 Å². The zero-order valence-corrected chi connectivity index (χ0v) is 10.4. The van der Waals surface area contributed by atoms with Crippen LogP contribution >= 0.6 is 15.9 Å². The molecule has 3 aromatic rings. The van der Waals surface area contributed by atoms with Crippen molar-refractivity contribution in [3.8, 4) is 5.69 Å². The van der Waals surface area contributed by atoms with Gasteiger partial charge in [0.2, 0.25) is 0 Å². The number of anilines is 1. The largest absolute Gasteiger partial charge is 0.397 e. The minimum atomic E-state index is 0.676. The van der Waals surface area contributed by atoms with Crippen LogP contribution in [0.5, 0.6) is 0 Å². The predicted octanol–water partition coefficient (Wildman–Crippen LogP) is 2.77. The Kier molecular flexibility index (Phi) is 2.33. The van der Waals surface area contributed by atoms with Crippen LogP contribution in [0.1, 0.15) is 0 Å². The first kappa shape index (κ1) is 10.3. The fourth-order valence-electron chi connectivity index (χ4n) is 1.82. The van der Waals surface area contributed by atoms with E-state index in [2.05, 4.69) is 26.0 Å². The summed E-state index contributed by atoms with van der Waals surface area (Å²) in [4.78, 5) is 4.30. The lowest BCUT2D eigenvalue weighted by Gasteiger charge is -2.07. The van der Waals surface area contributed by atoms with E-state index in [1.165, 1.54) is 0 Å². The van der Waals surface area contributed by atoms with Gasteiger partial charge in [-0.15, -0.1) is 0 Å². The normalized spacial score (nSPS) is 10.9. The third-order valence-corrected chi connectivity index (χ3v) is 2.99. The molecule has 2 N–H and O–H groups in total. The third-order valence-electron chi connectivity index (χ3n) is 2.58. The standard InChI is InChI=1S/C12H9BrN4/c13-8-6-16-17(7-8)11-4-5-15-12-9(11)2-1-3-10(12)14/h1-7H,14H2. The van der Waals surface area contributed by atoms with E-state index in [1.807, 2.05) is 30.5 Å². The molecule has 17 heavy (non-hydrogen) atoms. The molecule has 0 saturated carbocycles. The van der Waals surface area contributed by atoms with Crippen LogP contribution in [-0.2, 0) is 0 Å². The van der Waals surface area contributed by atoms with Crippen molar-refractivity contribution in [2.24, 2.45) is 0 Å². The van der Waals surface area contributed by atoms with Crippen molar-refractivity contribution in [3.05, 3.63) is 47.3 Å². The molecule has 5 heteroatoms. The van der Waals surface area contributed by atoms with Gasteiger partial charge in [-0.2, -0.15) is 5.10 Å². The molecule has 0 spiro atoms. The average Bonchev–Trinajstić information content (AvgIpc) is 2.76. The minimum absolute atomic E-state index is 0.676. The minimum Gasteiger partial charge on any atom is -0.397 e. The Bertz CT molecular complexity index is 690. The second kappa shape index (κ2) is 3.85. The van der Waals surface area contributed by atoms with Crippen molar-refractivity contribution in [1.29, 1.82) is 0 Å². The van der Waals surface area contributed by atoms with Gasteiger partial charge in [0, 0.05) is 17.8 Å². The quantitative estimate of drug-likeness (QED) is 0.701. The number of pyridine rings is 1. The number of nitrogen functional groups attached to an aromatic ring is 1. The number of fused-ring (bicyclic) bond motifs is 1. The van der Waals surface area contributed by atoms with Gasteiger partial charge in [0.1, 0.15) is 0 Å². The summed E-state index contributed by atoms with van der Waals surface area (Å²) in [5, 5.41) is 5.26. The number of hydrogen-bond donors (Lipinski definition) is 1. The van der Waals surface area contributed by atoms with Crippen molar-refractivity contribution < 1.29 is 0 Å². The highest BCUT2D eigenvalue weighted by Gasteiger charge is 2.06. The van der Waals surface area contributed by atoms with Crippen LogP contribution in [0.2, 0.25) is 0 Å². The van der Waals surface area contributed by atoms with E-state index in [0.717, 1.165) is 21.1 Å². The zero-order chi connectivity index (χ0) is 11.8. The highest BCUT2D eigenvalue weighted by Crippen LogP contribution is 2.24. The van der Waals surface area contributed by atoms with Crippen molar-refractivity contribution in [1.82, 2.24) is 14.8 Å². The van der Waals surface area contributed by atoms with Crippen molar-refractivity contribution in [3.63, 3.8) is 0 Å². The smallest absolute Gasteiger partial charge is 0.0952 e. The van der Waals surface area contributed by atoms with E-state index >= 15 is 0 Å². The molecule has 3 rings (SSSR count). The Balaban J connectivity index is 2.34. The average molecular weight is 289 g/mol. The lowest BCUT2D eigenvalue weighted by atomic mass is 10.1. The Hall–Kier alpha value is -1.88. The number of aromatic nitrogens is 3. The predicted molar refractivity (Wildman–Crippen MR) is 71.0 cm³/mol. The molecule has 2 heterocycles. The molecule has 84 valence electrons. The first-order valence-corrected chi connectivity index (χ1v) is 5.89. The van der Waals surface area contributed by atoms with E-state index in [4.69, 9.17) is 5.73 Å². The van der Waals surface area contributed by atoms with Crippen molar-refractivity contribution in [2.45, 2.75) is 0 Å². The lowest BCUT2D eigenvalue weighted by Crippen LogP contribution is -1.98. The molecule has 4 nitrogen and oxygen atoms in total. The fourth-order valence-corrected chi connectivity index (χ4v) is 2.10. The van der Waals surface area contributed by atoms with Crippen molar-refractivity contribution in [2.75, 3.05) is 5.73 Å². The Morgan fingerprint density at radius 2 is 2.12 bits per heavy atom. The van der Waals surface area contributed by atoms with Gasteiger partial charge in [0.25, 0.3) is 0 Å². The molecular weight excluding hydrogens is 280 g/mol. The van der Waals surface area contributed by atoms with Gasteiger partial charge in [-0.1, -0.05) is 12.1 Å². The molecule has 0 bridgehead atoms. The fraction of sp³-hybridized carbons (Fsp3) is 0. The highest BCUT2D eigenvalue weighted by molar-refractivity contribution is 9.10. The summed E-state index contributed by atoms with van der Waals surface area (Å²) in [5.41, 5.74) is 8.35. The number of halogens is 1. The van der Waals surface area contributed by atoms with Gasteiger partial charge in [-0.05, 0) is 28.1 Å². The molecular formula is C12H9BrN4. The van der Waals surface area contributed by atoms with Gasteiger partial charge in [0.15, 0.2) is 0 Å². The van der Waals surface area contributed by atoms with Gasteiger partial charge >= 0.3 is 0 Å². The second-order valence-corrected chi connectivity index (χ2v) is 4.59. The van der Waals surface area contributed by atoms with Crippen LogP contribution in [0.4, 0.5) is 5.69 Å². The second-order valence-electron chi connectivity index (χ2n) is 3.68. The van der Waals surface area contributed by atoms with Gasteiger partial charge in [-0.3, -0.25) is 4.98 Å². The number of hydrogen-bond acceptors (Lipinski definition) is 3. The number of nitrogens with two attached hydrogens (primary N) is 1. The Morgan fingerprint density at radius 3 is 2.88 bits per heavy atom. The van der Waals surface area contributed by atoms with E-state index in [9.17, 15) is 0 Å². The maximum atomic E-state index is 5.91. The topological polar surface area (TPSA) is 56.7 Å². The number of nitrogens with zero attached hydrogens (tertiary/aromatic N) is 3. The van der Waals surface area contributed by atoms with Crippen LogP contribution in [-0.4, -0.2) is 14.8 Å². The molecule has 0 atom stereocenters. The highest BCUT2D eigenvalue weighted by atomic mass is 79.9. The molecule has 0 fully saturated rings. The van der Waals surface area contributed by atoms with Crippen LogP contribution in [0.25, 0.3) is 16.6 Å². The maximum absolute atomic E-state index is 5.91. The molecule has 1 aromatic carbocycles. The SMILES string of the molecule is Nc1cccc2c(-n3cc(Br)cn3)ccnc12. The molecule has 0 aliphatic rings. The Morgan fingerprint density at radius 1 is 1.24 bits per heavy atom. The number of rotatable bonds is 1. The zero-order valence-electron chi connectivity index (χ0n) is 8.84. The molecule has 0 aliphatic carbocycles. The molecule has 0 amide bonds. The molecule has 0 radical (unpaired) electrons. The summed E-state index contributed by atoms with van der Waals surface area (Å²) >= 11 is 3.38. The molecule has 0 unspecified atom stereocenters. The van der Waals surface area contributed by atoms with E-state index in [0.29, 0.717) is 5.69 Å². The maximum Gasteiger partial charge on any atom is 0.0952 e. The number of para-hydroxylation sites is 1. The van der Waals surface area contributed by atoms with E-state index < -0.39 is 0 Å². The summed E-state index contributed by atoms with van der Waals surface area (Å²) in [6, 6.07) is 7.67. The molecule has 0 saturated heterocycles. The Labute approximate surface area is 106 Å². The summed E-state index contributed by atoms with van der Waals surface area (Å²) in [6.07, 6.45) is 5.39. The summed E-state index contributed by atoms with van der Waals surface area (Å²) in [5.74, 6) is 0. The molecule has 0 aliphatic heterocycles. The van der Waals surface area contributed by atoms with E-state index in [1.54, 1.807) is 17.1 Å². The molecule has 2 aromatic heterocycles. The van der Waals surface area contributed by atoms with E-state index in [-0.39, 0.29) is 0 Å². The lowest BCUT2D eigenvalue weighted by molar-refractivity contribution is 0.886. The summed E-state index contributed by atoms with van der Waals surface area (Å²) in [6.45, 7) is 0. The number of benzene rings is 1. The van der Waals surface area contributed by atoms with Crippen LogP contribution in [0.3, 0.4) is 0 Å². The first-order valence-electron chi connectivity index (χ1n) is 5.09. The van der Waals surface area contributed by atoms with Crippen molar-refractivity contribution >= 4 is 32.5 Å². The van der Waals surface area contributed by atoms with Gasteiger partial charge in [0.05, 0.1) is 27.6 Å². The monoisotopic (exact) mass is 288 g/mol. The summed E-state index contributed by atoms with van der Waals surface area (Å²) in [7, 11) is 0. The van der Waals surface area contributed by atoms with Gasteiger partial charge in [-0.25, -0.2) is 4.68 Å². The van der Waals surface area contributed by atoms with Gasteiger partial charge < -0.3 is 5.73 Å². The van der Waals surface area contributed by atoms with Crippen LogP contribution < -0.4 is 5.73 Å². The first-order chi connectivity index (χ1) is 8.25. The third kappa shape index (κ3) is 1.68. The summed E-state index contributed by atoms with van der Waals surface area (Å²) < 4.78 is 2.74. The van der Waals surface area contributed by atoms with Crippen LogP contribution in [0.15, 0.2) is 47.3 Å².